The summed E-state index contributed by atoms with van der Waals surface area (Å²) in [7, 11) is 0. The van der Waals surface area contributed by atoms with Crippen LogP contribution in [0.2, 0.25) is 0 Å². The fourth-order valence-electron chi connectivity index (χ4n) is 1.95. The summed E-state index contributed by atoms with van der Waals surface area (Å²) in [6.45, 7) is 6.02. The van der Waals surface area contributed by atoms with E-state index in [-0.39, 0.29) is 17.9 Å². The van der Waals surface area contributed by atoms with Gasteiger partial charge in [0.15, 0.2) is 0 Å². The van der Waals surface area contributed by atoms with Crippen LogP contribution in [0.25, 0.3) is 11.0 Å². The second-order valence-electron chi connectivity index (χ2n) is 4.36. The van der Waals surface area contributed by atoms with Gasteiger partial charge in [0, 0.05) is 12.1 Å². The van der Waals surface area contributed by atoms with E-state index in [9.17, 15) is 4.39 Å². The van der Waals surface area contributed by atoms with Crippen molar-refractivity contribution < 1.29 is 4.39 Å². The second-order valence-corrected chi connectivity index (χ2v) is 4.36. The van der Waals surface area contributed by atoms with Crippen molar-refractivity contribution in [2.45, 2.75) is 32.9 Å². The maximum absolute atomic E-state index is 13.1. The molecule has 0 saturated carbocycles. The molecule has 1 atom stereocenters. The lowest BCUT2D eigenvalue weighted by atomic mass is 10.2. The molecule has 0 aliphatic heterocycles. The minimum atomic E-state index is -0.267. The number of benzene rings is 1. The van der Waals surface area contributed by atoms with Crippen molar-refractivity contribution in [1.82, 2.24) is 9.55 Å². The lowest BCUT2D eigenvalue weighted by Crippen LogP contribution is -2.14. The van der Waals surface area contributed by atoms with Crippen molar-refractivity contribution in [3.05, 3.63) is 29.8 Å². The molecule has 0 bridgehead atoms. The van der Waals surface area contributed by atoms with Gasteiger partial charge in [-0.25, -0.2) is 9.37 Å². The SMILES string of the molecule is CC(C)n1c([C@H](C)N)nc2cc(F)ccc21. The van der Waals surface area contributed by atoms with E-state index in [0.717, 1.165) is 11.3 Å². The second kappa shape index (κ2) is 3.87. The number of aromatic nitrogens is 2. The highest BCUT2D eigenvalue weighted by atomic mass is 19.1. The molecule has 0 amide bonds. The zero-order valence-corrected chi connectivity index (χ0v) is 9.74. The van der Waals surface area contributed by atoms with Crippen molar-refractivity contribution in [3.8, 4) is 0 Å². The number of nitrogens with two attached hydrogens (primary N) is 1. The van der Waals surface area contributed by atoms with Gasteiger partial charge in [0.05, 0.1) is 17.1 Å². The highest BCUT2D eigenvalue weighted by Crippen LogP contribution is 2.24. The minimum absolute atomic E-state index is 0.155. The van der Waals surface area contributed by atoms with Gasteiger partial charge in [-0.15, -0.1) is 0 Å². The van der Waals surface area contributed by atoms with Crippen LogP contribution >= 0.6 is 0 Å². The Morgan fingerprint density at radius 3 is 2.56 bits per heavy atom. The van der Waals surface area contributed by atoms with Crippen LogP contribution in [0.3, 0.4) is 0 Å². The predicted molar refractivity (Wildman–Crippen MR) is 62.7 cm³/mol. The van der Waals surface area contributed by atoms with Gasteiger partial charge in [0.2, 0.25) is 0 Å². The smallest absolute Gasteiger partial charge is 0.126 e. The van der Waals surface area contributed by atoms with E-state index in [4.69, 9.17) is 5.73 Å². The van der Waals surface area contributed by atoms with E-state index in [0.29, 0.717) is 5.52 Å². The van der Waals surface area contributed by atoms with Gasteiger partial charge in [-0.1, -0.05) is 0 Å². The third kappa shape index (κ3) is 1.69. The van der Waals surface area contributed by atoms with Crippen LogP contribution in [-0.2, 0) is 0 Å². The molecule has 1 heterocycles. The number of fused-ring (bicyclic) bond motifs is 1. The Labute approximate surface area is 94.1 Å². The molecule has 4 heteroatoms. The van der Waals surface area contributed by atoms with Gasteiger partial charge < -0.3 is 10.3 Å². The summed E-state index contributed by atoms with van der Waals surface area (Å²) < 4.78 is 15.2. The molecule has 0 aliphatic rings. The number of rotatable bonds is 2. The Morgan fingerprint density at radius 1 is 1.31 bits per heavy atom. The Morgan fingerprint density at radius 2 is 2.00 bits per heavy atom. The number of halogens is 1. The molecule has 2 aromatic rings. The summed E-state index contributed by atoms with van der Waals surface area (Å²) in [6.07, 6.45) is 0. The van der Waals surface area contributed by atoms with Crippen molar-refractivity contribution in [2.75, 3.05) is 0 Å². The molecule has 0 unspecified atom stereocenters. The van der Waals surface area contributed by atoms with Crippen LogP contribution in [0.5, 0.6) is 0 Å². The number of nitrogens with zero attached hydrogens (tertiary/aromatic N) is 2. The summed E-state index contributed by atoms with van der Waals surface area (Å²) in [5.74, 6) is 0.535. The zero-order valence-electron chi connectivity index (χ0n) is 9.74. The largest absolute Gasteiger partial charge is 0.324 e. The number of hydrogen-bond acceptors (Lipinski definition) is 2. The molecule has 0 aliphatic carbocycles. The number of imidazole rings is 1. The minimum Gasteiger partial charge on any atom is -0.324 e. The summed E-state index contributed by atoms with van der Waals surface area (Å²) in [4.78, 5) is 4.39. The van der Waals surface area contributed by atoms with E-state index in [1.54, 1.807) is 6.07 Å². The van der Waals surface area contributed by atoms with Crippen molar-refractivity contribution in [2.24, 2.45) is 5.73 Å². The Balaban J connectivity index is 2.75. The lowest BCUT2D eigenvalue weighted by Gasteiger charge is -2.14. The summed E-state index contributed by atoms with van der Waals surface area (Å²) >= 11 is 0. The molecule has 3 nitrogen and oxygen atoms in total. The molecule has 2 N–H and O–H groups in total. The third-order valence-corrected chi connectivity index (χ3v) is 2.60. The molecule has 1 aromatic carbocycles. The third-order valence-electron chi connectivity index (χ3n) is 2.60. The average molecular weight is 221 g/mol. The quantitative estimate of drug-likeness (QED) is 0.847. The van der Waals surface area contributed by atoms with Crippen LogP contribution in [0.4, 0.5) is 4.39 Å². The van der Waals surface area contributed by atoms with E-state index in [2.05, 4.69) is 23.4 Å². The maximum Gasteiger partial charge on any atom is 0.126 e. The molecule has 86 valence electrons. The lowest BCUT2D eigenvalue weighted by molar-refractivity contribution is 0.557. The molecule has 0 saturated heterocycles. The van der Waals surface area contributed by atoms with Crippen molar-refractivity contribution in [1.29, 1.82) is 0 Å². The van der Waals surface area contributed by atoms with E-state index in [1.165, 1.54) is 12.1 Å². The zero-order chi connectivity index (χ0) is 11.9. The van der Waals surface area contributed by atoms with Gasteiger partial charge in [0.1, 0.15) is 11.6 Å². The molecule has 16 heavy (non-hydrogen) atoms. The molecule has 0 radical (unpaired) electrons. The van der Waals surface area contributed by atoms with Crippen molar-refractivity contribution >= 4 is 11.0 Å². The Hall–Kier alpha value is -1.42. The van der Waals surface area contributed by atoms with Gasteiger partial charge in [-0.3, -0.25) is 0 Å². The standard InChI is InChI=1S/C12H16FN3/c1-7(2)16-11-5-4-9(13)6-10(11)15-12(16)8(3)14/h4-8H,14H2,1-3H3/t8-/m0/s1. The van der Waals surface area contributed by atoms with Gasteiger partial charge in [-0.2, -0.15) is 0 Å². The van der Waals surface area contributed by atoms with E-state index < -0.39 is 0 Å². The molecular formula is C12H16FN3. The van der Waals surface area contributed by atoms with E-state index in [1.807, 2.05) is 6.92 Å². The summed E-state index contributed by atoms with van der Waals surface area (Å²) in [6, 6.07) is 4.76. The fourth-order valence-corrected chi connectivity index (χ4v) is 1.95. The first-order valence-corrected chi connectivity index (χ1v) is 5.43. The molecule has 0 fully saturated rings. The molecular weight excluding hydrogens is 205 g/mol. The maximum atomic E-state index is 13.1. The normalized spacial score (nSPS) is 13.6. The Bertz CT molecular complexity index is 514. The average Bonchev–Trinajstić information content (AvgIpc) is 2.55. The van der Waals surface area contributed by atoms with Crippen LogP contribution in [-0.4, -0.2) is 9.55 Å². The van der Waals surface area contributed by atoms with Crippen LogP contribution in [0.1, 0.15) is 38.7 Å². The van der Waals surface area contributed by atoms with Crippen molar-refractivity contribution in [3.63, 3.8) is 0 Å². The first kappa shape index (κ1) is 11.1. The monoisotopic (exact) mass is 221 g/mol. The van der Waals surface area contributed by atoms with Gasteiger partial charge >= 0.3 is 0 Å². The topological polar surface area (TPSA) is 43.8 Å². The highest BCUT2D eigenvalue weighted by Gasteiger charge is 2.16. The molecule has 2 rings (SSSR count). The first-order valence-electron chi connectivity index (χ1n) is 5.43. The molecule has 0 spiro atoms. The van der Waals surface area contributed by atoms with Gasteiger partial charge in [0.25, 0.3) is 0 Å². The van der Waals surface area contributed by atoms with Crippen LogP contribution in [0, 0.1) is 5.82 Å². The highest BCUT2D eigenvalue weighted by molar-refractivity contribution is 5.76. The molecule has 1 aromatic heterocycles. The Kier molecular flexibility index (Phi) is 2.68. The van der Waals surface area contributed by atoms with E-state index >= 15 is 0 Å². The first-order chi connectivity index (χ1) is 7.50. The fraction of sp³-hybridized carbons (Fsp3) is 0.417. The summed E-state index contributed by atoms with van der Waals surface area (Å²) in [5.41, 5.74) is 7.48. The predicted octanol–water partition coefficient (Wildman–Crippen LogP) is 2.78. The summed E-state index contributed by atoms with van der Waals surface area (Å²) in [5, 5.41) is 0. The van der Waals surface area contributed by atoms with Crippen LogP contribution < -0.4 is 5.73 Å². The number of hydrogen-bond donors (Lipinski definition) is 1. The van der Waals surface area contributed by atoms with Gasteiger partial charge in [-0.05, 0) is 32.9 Å². The van der Waals surface area contributed by atoms with Crippen LogP contribution in [0.15, 0.2) is 18.2 Å².